The zero-order valence-corrected chi connectivity index (χ0v) is 15.3. The molecule has 2 bridgehead atoms. The Labute approximate surface area is 143 Å². The number of amides is 1. The van der Waals surface area contributed by atoms with Crippen molar-refractivity contribution in [2.24, 2.45) is 29.6 Å². The molecule has 3 fully saturated rings. The highest BCUT2D eigenvalue weighted by molar-refractivity contribution is 7.11. The van der Waals surface area contributed by atoms with E-state index in [2.05, 4.69) is 43.0 Å². The summed E-state index contributed by atoms with van der Waals surface area (Å²) in [6.07, 6.45) is 4.19. The van der Waals surface area contributed by atoms with E-state index in [9.17, 15) is 4.79 Å². The van der Waals surface area contributed by atoms with E-state index in [-0.39, 0.29) is 0 Å². The lowest BCUT2D eigenvalue weighted by molar-refractivity contribution is -0.134. The van der Waals surface area contributed by atoms with Gasteiger partial charge in [0, 0.05) is 28.8 Å². The fourth-order valence-electron chi connectivity index (χ4n) is 5.21. The summed E-state index contributed by atoms with van der Waals surface area (Å²) in [5, 5.41) is 0. The van der Waals surface area contributed by atoms with Crippen molar-refractivity contribution in [3.8, 4) is 0 Å². The Kier molecular flexibility index (Phi) is 4.01. The summed E-state index contributed by atoms with van der Waals surface area (Å²) in [5.41, 5.74) is 0. The largest absolute Gasteiger partial charge is 0.336 e. The van der Waals surface area contributed by atoms with E-state index in [4.69, 9.17) is 0 Å². The van der Waals surface area contributed by atoms with E-state index in [1.165, 1.54) is 29.0 Å². The first-order chi connectivity index (χ1) is 11.0. The second kappa shape index (κ2) is 5.89. The molecule has 3 aliphatic rings. The number of rotatable bonds is 6. The first-order valence-electron chi connectivity index (χ1n) is 9.03. The van der Waals surface area contributed by atoms with Crippen LogP contribution in [0, 0.1) is 36.5 Å². The van der Waals surface area contributed by atoms with Gasteiger partial charge in [0.2, 0.25) is 5.91 Å². The van der Waals surface area contributed by atoms with Crippen LogP contribution in [0.25, 0.3) is 0 Å². The third-order valence-corrected chi connectivity index (χ3v) is 7.28. The molecule has 3 aliphatic carbocycles. The van der Waals surface area contributed by atoms with Crippen molar-refractivity contribution in [1.29, 1.82) is 0 Å². The highest BCUT2D eigenvalue weighted by Gasteiger charge is 2.67. The number of carbonyl (C=O) groups excluding carboxylic acids is 1. The third kappa shape index (κ3) is 2.85. The van der Waals surface area contributed by atoms with Gasteiger partial charge in [-0.2, -0.15) is 0 Å². The minimum Gasteiger partial charge on any atom is -0.336 e. The molecule has 4 heteroatoms. The number of fused-ring (bicyclic) bond motifs is 5. The van der Waals surface area contributed by atoms with Gasteiger partial charge in [0.15, 0.2) is 0 Å². The van der Waals surface area contributed by atoms with E-state index in [1.54, 1.807) is 0 Å². The molecule has 1 aromatic heterocycles. The molecule has 1 heterocycles. The molecular formula is C19H28N2OS. The molecule has 0 aliphatic heterocycles. The van der Waals surface area contributed by atoms with Crippen molar-refractivity contribution >= 4 is 17.2 Å². The molecule has 1 aromatic rings. The number of carbonyl (C=O) groups is 1. The van der Waals surface area contributed by atoms with Gasteiger partial charge in [-0.15, -0.1) is 11.3 Å². The summed E-state index contributed by atoms with van der Waals surface area (Å²) in [5.74, 6) is 4.05. The normalized spacial score (nSPS) is 34.0. The number of likely N-dealkylation sites (N-methyl/N-ethyl adjacent to an activating group) is 1. The maximum absolute atomic E-state index is 13.2. The fourth-order valence-corrected chi connectivity index (χ4v) is 6.12. The minimum absolute atomic E-state index is 0.365. The molecule has 0 aromatic carbocycles. The molecule has 5 atom stereocenters. The van der Waals surface area contributed by atoms with Gasteiger partial charge in [-0.1, -0.05) is 0 Å². The Morgan fingerprint density at radius 2 is 1.87 bits per heavy atom. The SMILES string of the molecule is Cc1ccc(CN(CCN(C)C)C(=O)C2[C@@H]3[C@H]4CC[C@H](C4)[C@H]23)s1. The van der Waals surface area contributed by atoms with Crippen LogP contribution in [0.3, 0.4) is 0 Å². The smallest absolute Gasteiger partial charge is 0.226 e. The van der Waals surface area contributed by atoms with Crippen LogP contribution < -0.4 is 0 Å². The summed E-state index contributed by atoms with van der Waals surface area (Å²) in [6, 6.07) is 4.36. The molecule has 0 spiro atoms. The number of aryl methyl sites for hydroxylation is 1. The second-order valence-electron chi connectivity index (χ2n) is 8.09. The first kappa shape index (κ1) is 15.6. The fraction of sp³-hybridized carbons (Fsp3) is 0.737. The Morgan fingerprint density at radius 3 is 2.43 bits per heavy atom. The Hall–Kier alpha value is -0.870. The lowest BCUT2D eigenvalue weighted by Crippen LogP contribution is -2.38. The van der Waals surface area contributed by atoms with Crippen LogP contribution in [0.5, 0.6) is 0 Å². The van der Waals surface area contributed by atoms with Crippen molar-refractivity contribution in [2.45, 2.75) is 32.7 Å². The number of nitrogens with zero attached hydrogens (tertiary/aromatic N) is 2. The molecule has 23 heavy (non-hydrogen) atoms. The molecule has 4 rings (SSSR count). The Balaban J connectivity index is 1.45. The van der Waals surface area contributed by atoms with E-state index in [0.29, 0.717) is 11.8 Å². The Morgan fingerprint density at radius 1 is 1.17 bits per heavy atom. The molecule has 1 amide bonds. The van der Waals surface area contributed by atoms with Crippen molar-refractivity contribution in [2.75, 3.05) is 27.2 Å². The van der Waals surface area contributed by atoms with Crippen molar-refractivity contribution in [3.63, 3.8) is 0 Å². The quantitative estimate of drug-likeness (QED) is 0.798. The molecule has 0 saturated heterocycles. The second-order valence-corrected chi connectivity index (χ2v) is 9.46. The molecule has 0 N–H and O–H groups in total. The van der Waals surface area contributed by atoms with Gasteiger partial charge in [-0.05, 0) is 76.1 Å². The number of thiophene rings is 1. The number of hydrogen-bond acceptors (Lipinski definition) is 3. The zero-order chi connectivity index (χ0) is 16.1. The van der Waals surface area contributed by atoms with Gasteiger partial charge in [0.1, 0.15) is 0 Å². The van der Waals surface area contributed by atoms with Crippen LogP contribution in [-0.4, -0.2) is 42.9 Å². The van der Waals surface area contributed by atoms with E-state index < -0.39 is 0 Å². The monoisotopic (exact) mass is 332 g/mol. The highest BCUT2D eigenvalue weighted by Crippen LogP contribution is 2.69. The molecular weight excluding hydrogens is 304 g/mol. The molecule has 0 radical (unpaired) electrons. The highest BCUT2D eigenvalue weighted by atomic mass is 32.1. The van der Waals surface area contributed by atoms with Gasteiger partial charge in [-0.3, -0.25) is 4.79 Å². The van der Waals surface area contributed by atoms with E-state index in [0.717, 1.165) is 43.3 Å². The lowest BCUT2D eigenvalue weighted by atomic mass is 10.0. The van der Waals surface area contributed by atoms with Crippen molar-refractivity contribution in [1.82, 2.24) is 9.80 Å². The maximum Gasteiger partial charge on any atom is 0.226 e. The average molecular weight is 333 g/mol. The lowest BCUT2D eigenvalue weighted by Gasteiger charge is -2.25. The Bertz CT molecular complexity index is 580. The van der Waals surface area contributed by atoms with Crippen LogP contribution in [0.1, 0.15) is 29.0 Å². The van der Waals surface area contributed by atoms with Gasteiger partial charge < -0.3 is 9.80 Å². The van der Waals surface area contributed by atoms with Crippen molar-refractivity contribution < 1.29 is 4.79 Å². The molecule has 3 nitrogen and oxygen atoms in total. The standard InChI is InChI=1S/C19H28N2OS/c1-12-4-7-15(23-12)11-21(9-8-20(2)3)19(22)18-16-13-5-6-14(10-13)17(16)18/h4,7,13-14,16-18H,5-6,8-11H2,1-3H3/t13-,14+,16+,17-,18?. The van der Waals surface area contributed by atoms with Gasteiger partial charge in [-0.25, -0.2) is 0 Å². The first-order valence-corrected chi connectivity index (χ1v) is 9.85. The topological polar surface area (TPSA) is 23.6 Å². The molecule has 1 unspecified atom stereocenters. The summed E-state index contributed by atoms with van der Waals surface area (Å²) in [7, 11) is 4.17. The average Bonchev–Trinajstić information content (AvgIpc) is 2.83. The summed E-state index contributed by atoms with van der Waals surface area (Å²) >= 11 is 1.83. The summed E-state index contributed by atoms with van der Waals surface area (Å²) in [6.45, 7) is 4.75. The zero-order valence-electron chi connectivity index (χ0n) is 14.5. The van der Waals surface area contributed by atoms with Gasteiger partial charge >= 0.3 is 0 Å². The van der Waals surface area contributed by atoms with Crippen molar-refractivity contribution in [3.05, 3.63) is 21.9 Å². The predicted octanol–water partition coefficient (Wildman–Crippen LogP) is 3.24. The van der Waals surface area contributed by atoms with E-state index in [1.807, 2.05) is 11.3 Å². The third-order valence-electron chi connectivity index (χ3n) is 6.29. The van der Waals surface area contributed by atoms with Gasteiger partial charge in [0.05, 0.1) is 6.54 Å². The van der Waals surface area contributed by atoms with Crippen LogP contribution in [0.15, 0.2) is 12.1 Å². The van der Waals surface area contributed by atoms with Crippen LogP contribution >= 0.6 is 11.3 Å². The summed E-state index contributed by atoms with van der Waals surface area (Å²) in [4.78, 5) is 20.2. The maximum atomic E-state index is 13.2. The summed E-state index contributed by atoms with van der Waals surface area (Å²) < 4.78 is 0. The number of hydrogen-bond donors (Lipinski definition) is 0. The van der Waals surface area contributed by atoms with Gasteiger partial charge in [0.25, 0.3) is 0 Å². The van der Waals surface area contributed by atoms with Crippen LogP contribution in [0.2, 0.25) is 0 Å². The van der Waals surface area contributed by atoms with E-state index >= 15 is 0 Å². The molecule has 3 saturated carbocycles. The predicted molar refractivity (Wildman–Crippen MR) is 94.3 cm³/mol. The molecule has 126 valence electrons. The van der Waals surface area contributed by atoms with Crippen LogP contribution in [-0.2, 0) is 11.3 Å². The minimum atomic E-state index is 0.365. The van der Waals surface area contributed by atoms with Crippen LogP contribution in [0.4, 0.5) is 0 Å².